The van der Waals surface area contributed by atoms with Crippen LogP contribution in [0.1, 0.15) is 13.8 Å². The molecule has 0 radical (unpaired) electrons. The first-order valence-corrected chi connectivity index (χ1v) is 10.2. The number of nitrogen functional groups attached to an aromatic ring is 2. The van der Waals surface area contributed by atoms with Gasteiger partial charge >= 0.3 is 0 Å². The predicted octanol–water partition coefficient (Wildman–Crippen LogP) is 2.45. The van der Waals surface area contributed by atoms with E-state index in [9.17, 15) is 8.42 Å². The maximum absolute atomic E-state index is 12.8. The minimum Gasteiger partial charge on any atom is -0.368 e. The van der Waals surface area contributed by atoms with Crippen molar-refractivity contribution < 1.29 is 8.42 Å². The minimum absolute atomic E-state index is 0.0645. The zero-order chi connectivity index (χ0) is 20.1. The molecule has 0 saturated carbocycles. The van der Waals surface area contributed by atoms with Crippen LogP contribution in [0.4, 0.5) is 5.95 Å². The van der Waals surface area contributed by atoms with Crippen LogP contribution in [0.2, 0.25) is 0 Å². The summed E-state index contributed by atoms with van der Waals surface area (Å²) in [5.41, 5.74) is 9.82. The Hall–Kier alpha value is -3.33. The third kappa shape index (κ3) is 2.71. The Morgan fingerprint density at radius 2 is 1.75 bits per heavy atom. The van der Waals surface area contributed by atoms with Crippen LogP contribution >= 0.6 is 0 Å². The fraction of sp³-hybridized carbons (Fsp3) is 0.158. The Morgan fingerprint density at radius 1 is 1.04 bits per heavy atom. The van der Waals surface area contributed by atoms with Crippen LogP contribution < -0.4 is 11.6 Å². The lowest BCUT2D eigenvalue weighted by Crippen LogP contribution is -2.23. The molecule has 8 nitrogen and oxygen atoms in total. The van der Waals surface area contributed by atoms with E-state index in [-0.39, 0.29) is 5.95 Å². The maximum Gasteiger partial charge on any atom is 0.244 e. The molecule has 2 aromatic carbocycles. The smallest absolute Gasteiger partial charge is 0.244 e. The van der Waals surface area contributed by atoms with E-state index in [0.29, 0.717) is 28.0 Å². The quantitative estimate of drug-likeness (QED) is 0.511. The summed E-state index contributed by atoms with van der Waals surface area (Å²) < 4.78 is 28.1. The highest BCUT2D eigenvalue weighted by atomic mass is 32.2. The second kappa shape index (κ2) is 6.38. The van der Waals surface area contributed by atoms with Crippen LogP contribution in [0, 0.1) is 0 Å². The van der Waals surface area contributed by atoms with Gasteiger partial charge in [0.1, 0.15) is 6.33 Å². The van der Waals surface area contributed by atoms with Crippen molar-refractivity contribution in [2.45, 2.75) is 19.1 Å². The first-order chi connectivity index (χ1) is 13.3. The van der Waals surface area contributed by atoms with Crippen molar-refractivity contribution in [1.29, 1.82) is 0 Å². The SMILES string of the molecule is CC(C)S(=O)(=O)n1c(N)nc2ccc(-c3c(-c4ccccc4)ncn3N)cc21. The molecule has 4 rings (SSSR count). The Kier molecular flexibility index (Phi) is 4.11. The third-order valence-corrected chi connectivity index (χ3v) is 6.69. The highest BCUT2D eigenvalue weighted by molar-refractivity contribution is 7.90. The number of imidazole rings is 2. The minimum atomic E-state index is -3.67. The third-order valence-electron chi connectivity index (χ3n) is 4.60. The van der Waals surface area contributed by atoms with Gasteiger partial charge in [0.2, 0.25) is 16.0 Å². The Labute approximate surface area is 162 Å². The highest BCUT2D eigenvalue weighted by Gasteiger charge is 2.25. The van der Waals surface area contributed by atoms with Crippen molar-refractivity contribution in [3.05, 3.63) is 54.9 Å². The average Bonchev–Trinajstić information content (AvgIpc) is 3.21. The van der Waals surface area contributed by atoms with Crippen molar-refractivity contribution in [3.8, 4) is 22.5 Å². The summed E-state index contributed by atoms with van der Waals surface area (Å²) in [6, 6.07) is 14.9. The molecule has 0 bridgehead atoms. The van der Waals surface area contributed by atoms with E-state index in [1.165, 1.54) is 11.0 Å². The molecular weight excluding hydrogens is 376 g/mol. The predicted molar refractivity (Wildman–Crippen MR) is 110 cm³/mol. The molecule has 0 amide bonds. The van der Waals surface area contributed by atoms with Gasteiger partial charge in [-0.2, -0.15) is 0 Å². The van der Waals surface area contributed by atoms with Crippen molar-refractivity contribution in [1.82, 2.24) is 18.6 Å². The molecule has 0 fully saturated rings. The summed E-state index contributed by atoms with van der Waals surface area (Å²) >= 11 is 0. The van der Waals surface area contributed by atoms with Gasteiger partial charge in [0.05, 0.1) is 27.7 Å². The van der Waals surface area contributed by atoms with Crippen molar-refractivity contribution in [3.63, 3.8) is 0 Å². The van der Waals surface area contributed by atoms with Crippen LogP contribution in [-0.4, -0.2) is 32.3 Å². The maximum atomic E-state index is 12.8. The molecule has 2 aromatic heterocycles. The van der Waals surface area contributed by atoms with E-state index < -0.39 is 15.3 Å². The zero-order valence-corrected chi connectivity index (χ0v) is 16.3. The molecule has 28 heavy (non-hydrogen) atoms. The molecule has 0 aliphatic rings. The van der Waals surface area contributed by atoms with Crippen molar-refractivity contribution in [2.24, 2.45) is 0 Å². The molecule has 4 N–H and O–H groups in total. The zero-order valence-electron chi connectivity index (χ0n) is 15.4. The van der Waals surface area contributed by atoms with Crippen LogP contribution in [0.25, 0.3) is 33.5 Å². The Bertz CT molecular complexity index is 1270. The molecule has 0 aliphatic heterocycles. The molecule has 0 aliphatic carbocycles. The fourth-order valence-corrected chi connectivity index (χ4v) is 4.30. The molecule has 0 spiro atoms. The second-order valence-electron chi connectivity index (χ2n) is 6.75. The highest BCUT2D eigenvalue weighted by Crippen LogP contribution is 2.33. The number of anilines is 1. The van der Waals surface area contributed by atoms with Gasteiger partial charge in [0, 0.05) is 11.1 Å². The van der Waals surface area contributed by atoms with Crippen LogP contribution in [0.15, 0.2) is 54.9 Å². The summed E-state index contributed by atoms with van der Waals surface area (Å²) in [7, 11) is -3.67. The lowest BCUT2D eigenvalue weighted by Gasteiger charge is -2.12. The number of benzene rings is 2. The number of fused-ring (bicyclic) bond motifs is 1. The number of rotatable bonds is 4. The Balaban J connectivity index is 1.97. The number of aromatic nitrogens is 4. The van der Waals surface area contributed by atoms with Gasteiger partial charge in [-0.1, -0.05) is 36.4 Å². The molecule has 0 unspecified atom stereocenters. The van der Waals surface area contributed by atoms with E-state index in [0.717, 1.165) is 9.54 Å². The average molecular weight is 396 g/mol. The van der Waals surface area contributed by atoms with Gasteiger partial charge in [0.25, 0.3) is 0 Å². The Morgan fingerprint density at radius 3 is 2.43 bits per heavy atom. The van der Waals surface area contributed by atoms with Crippen molar-refractivity contribution >= 4 is 27.0 Å². The van der Waals surface area contributed by atoms with E-state index in [1.807, 2.05) is 36.4 Å². The number of nitrogens with two attached hydrogens (primary N) is 2. The first kappa shape index (κ1) is 18.1. The summed E-state index contributed by atoms with van der Waals surface area (Å²) in [6.45, 7) is 3.21. The van der Waals surface area contributed by atoms with Gasteiger partial charge in [-0.15, -0.1) is 0 Å². The topological polar surface area (TPSA) is 122 Å². The van der Waals surface area contributed by atoms with Gasteiger partial charge in [-0.3, -0.25) is 0 Å². The molecule has 144 valence electrons. The van der Waals surface area contributed by atoms with E-state index in [2.05, 4.69) is 9.97 Å². The lowest BCUT2D eigenvalue weighted by atomic mass is 10.0. The summed E-state index contributed by atoms with van der Waals surface area (Å²) in [4.78, 5) is 8.61. The number of hydrogen-bond acceptors (Lipinski definition) is 6. The summed E-state index contributed by atoms with van der Waals surface area (Å²) in [5.74, 6) is 6.06. The summed E-state index contributed by atoms with van der Waals surface area (Å²) in [5, 5.41) is -0.643. The van der Waals surface area contributed by atoms with E-state index in [4.69, 9.17) is 11.6 Å². The van der Waals surface area contributed by atoms with Crippen LogP contribution in [0.5, 0.6) is 0 Å². The summed E-state index contributed by atoms with van der Waals surface area (Å²) in [6.07, 6.45) is 1.53. The van der Waals surface area contributed by atoms with Gasteiger partial charge in [0.15, 0.2) is 0 Å². The fourth-order valence-electron chi connectivity index (χ4n) is 3.15. The number of nitrogens with zero attached hydrogens (tertiary/aromatic N) is 4. The van der Waals surface area contributed by atoms with Crippen LogP contribution in [0.3, 0.4) is 0 Å². The largest absolute Gasteiger partial charge is 0.368 e. The second-order valence-corrected chi connectivity index (χ2v) is 9.08. The molecule has 2 heterocycles. The molecular formula is C19H20N6O2S. The molecule has 0 atom stereocenters. The molecule has 0 saturated heterocycles. The standard InChI is InChI=1S/C19H20N6O2S/c1-12(2)28(26,27)25-16-10-14(8-9-15(16)23-19(25)20)18-17(22-11-24(18)21)13-6-4-3-5-7-13/h3-12H,21H2,1-2H3,(H2,20,23). The molecule has 9 heteroatoms. The number of hydrogen-bond donors (Lipinski definition) is 2. The first-order valence-electron chi connectivity index (χ1n) is 8.71. The monoisotopic (exact) mass is 396 g/mol. The van der Waals surface area contributed by atoms with Crippen LogP contribution in [-0.2, 0) is 10.0 Å². The van der Waals surface area contributed by atoms with E-state index in [1.54, 1.807) is 26.0 Å². The van der Waals surface area contributed by atoms with Gasteiger partial charge < -0.3 is 11.6 Å². The van der Waals surface area contributed by atoms with Crippen molar-refractivity contribution in [2.75, 3.05) is 11.6 Å². The van der Waals surface area contributed by atoms with Gasteiger partial charge in [-0.25, -0.2) is 27.0 Å². The normalized spacial score (nSPS) is 12.1. The molecule has 4 aromatic rings. The van der Waals surface area contributed by atoms with E-state index >= 15 is 0 Å². The van der Waals surface area contributed by atoms with Gasteiger partial charge in [-0.05, 0) is 26.0 Å². The lowest BCUT2D eigenvalue weighted by molar-refractivity contribution is 0.580.